The summed E-state index contributed by atoms with van der Waals surface area (Å²) in [4.78, 5) is -0.0359. The molecule has 9 heteroatoms. The van der Waals surface area contributed by atoms with Crippen LogP contribution >= 0.6 is 0 Å². The third kappa shape index (κ3) is 4.27. The van der Waals surface area contributed by atoms with E-state index >= 15 is 0 Å². The van der Waals surface area contributed by atoms with Crippen molar-refractivity contribution in [2.24, 2.45) is 0 Å². The van der Waals surface area contributed by atoms with Gasteiger partial charge in [0.05, 0.1) is 22.7 Å². The summed E-state index contributed by atoms with van der Waals surface area (Å²) in [6.45, 7) is -0.376. The zero-order valence-corrected chi connectivity index (χ0v) is 11.8. The molecule has 0 heterocycles. The van der Waals surface area contributed by atoms with Gasteiger partial charge < -0.3 is 11.1 Å². The molecular weight excluding hydrogens is 295 g/mol. The van der Waals surface area contributed by atoms with Crippen LogP contribution in [0.3, 0.4) is 0 Å². The van der Waals surface area contributed by atoms with Gasteiger partial charge in [0.25, 0.3) is 0 Å². The SMILES string of the molecule is CN(C)S(=O)(=O)c1ccc(N)c(NCCC(F)(F)F)c1. The fourth-order valence-corrected chi connectivity index (χ4v) is 2.33. The van der Waals surface area contributed by atoms with E-state index in [9.17, 15) is 21.6 Å². The lowest BCUT2D eigenvalue weighted by Crippen LogP contribution is -2.22. The highest BCUT2D eigenvalue weighted by Crippen LogP contribution is 2.25. The topological polar surface area (TPSA) is 75.4 Å². The summed E-state index contributed by atoms with van der Waals surface area (Å²) in [6, 6.07) is 3.87. The molecule has 0 aromatic heterocycles. The van der Waals surface area contributed by atoms with Gasteiger partial charge in [0.15, 0.2) is 0 Å². The van der Waals surface area contributed by atoms with Crippen molar-refractivity contribution < 1.29 is 21.6 Å². The largest absolute Gasteiger partial charge is 0.397 e. The van der Waals surface area contributed by atoms with Crippen LogP contribution < -0.4 is 11.1 Å². The van der Waals surface area contributed by atoms with E-state index < -0.39 is 22.6 Å². The summed E-state index contributed by atoms with van der Waals surface area (Å²) in [7, 11) is -0.927. The van der Waals surface area contributed by atoms with Crippen molar-refractivity contribution in [2.75, 3.05) is 31.7 Å². The highest BCUT2D eigenvalue weighted by Gasteiger charge is 2.26. The Morgan fingerprint density at radius 3 is 2.40 bits per heavy atom. The van der Waals surface area contributed by atoms with Gasteiger partial charge in [-0.3, -0.25) is 0 Å². The van der Waals surface area contributed by atoms with Crippen LogP contribution in [0.15, 0.2) is 23.1 Å². The molecule has 1 aromatic carbocycles. The van der Waals surface area contributed by atoms with Gasteiger partial charge in [-0.05, 0) is 18.2 Å². The minimum Gasteiger partial charge on any atom is -0.397 e. The van der Waals surface area contributed by atoms with Crippen molar-refractivity contribution >= 4 is 21.4 Å². The van der Waals surface area contributed by atoms with Crippen molar-refractivity contribution in [3.8, 4) is 0 Å². The Balaban J connectivity index is 2.93. The second-order valence-electron chi connectivity index (χ2n) is 4.33. The number of nitrogen functional groups attached to an aromatic ring is 1. The number of halogens is 3. The third-order valence-corrected chi connectivity index (χ3v) is 4.34. The van der Waals surface area contributed by atoms with Crippen LogP contribution in [0.2, 0.25) is 0 Å². The van der Waals surface area contributed by atoms with Crippen molar-refractivity contribution in [1.82, 2.24) is 4.31 Å². The Morgan fingerprint density at radius 2 is 1.90 bits per heavy atom. The molecule has 0 radical (unpaired) electrons. The Bertz CT molecular complexity index is 571. The fraction of sp³-hybridized carbons (Fsp3) is 0.455. The van der Waals surface area contributed by atoms with E-state index in [2.05, 4.69) is 5.32 Å². The molecule has 0 saturated heterocycles. The Kier molecular flexibility index (Phi) is 4.87. The average molecular weight is 311 g/mol. The van der Waals surface area contributed by atoms with Crippen LogP contribution in [0, 0.1) is 0 Å². The predicted molar refractivity (Wildman–Crippen MR) is 70.9 cm³/mol. The lowest BCUT2D eigenvalue weighted by atomic mass is 10.2. The number of sulfonamides is 1. The van der Waals surface area contributed by atoms with Crippen molar-refractivity contribution in [3.05, 3.63) is 18.2 Å². The van der Waals surface area contributed by atoms with Crippen molar-refractivity contribution in [3.63, 3.8) is 0 Å². The molecule has 1 aromatic rings. The maximum Gasteiger partial charge on any atom is 0.390 e. The number of anilines is 2. The number of hydrogen-bond acceptors (Lipinski definition) is 4. The Labute approximate surface area is 115 Å². The van der Waals surface area contributed by atoms with E-state index in [1.807, 2.05) is 0 Å². The molecule has 5 nitrogen and oxygen atoms in total. The standard InChI is InChI=1S/C11H16F3N3O2S/c1-17(2)20(18,19)8-3-4-9(15)10(7-8)16-6-5-11(12,13)14/h3-4,7,16H,5-6,15H2,1-2H3. The minimum atomic E-state index is -4.28. The number of rotatable bonds is 5. The quantitative estimate of drug-likeness (QED) is 0.814. The lowest BCUT2D eigenvalue weighted by molar-refractivity contribution is -0.131. The van der Waals surface area contributed by atoms with Crippen LogP contribution in [0.4, 0.5) is 24.5 Å². The van der Waals surface area contributed by atoms with Crippen LogP contribution in [0.5, 0.6) is 0 Å². The van der Waals surface area contributed by atoms with Crippen LogP contribution in [-0.4, -0.2) is 39.5 Å². The number of benzene rings is 1. The van der Waals surface area contributed by atoms with E-state index in [1.165, 1.54) is 32.3 Å². The third-order valence-electron chi connectivity index (χ3n) is 2.53. The first-order valence-corrected chi connectivity index (χ1v) is 7.11. The normalized spacial score (nSPS) is 12.7. The van der Waals surface area contributed by atoms with Crippen LogP contribution in [-0.2, 0) is 10.0 Å². The van der Waals surface area contributed by atoms with Crippen molar-refractivity contribution in [1.29, 1.82) is 0 Å². The summed E-state index contributed by atoms with van der Waals surface area (Å²) < 4.78 is 61.0. The summed E-state index contributed by atoms with van der Waals surface area (Å²) in [6.07, 6.45) is -5.31. The van der Waals surface area contributed by atoms with E-state index in [-0.39, 0.29) is 22.8 Å². The molecular formula is C11H16F3N3O2S. The maximum absolute atomic E-state index is 12.1. The summed E-state index contributed by atoms with van der Waals surface area (Å²) in [5, 5.41) is 2.49. The maximum atomic E-state index is 12.1. The van der Waals surface area contributed by atoms with Gasteiger partial charge in [-0.25, -0.2) is 12.7 Å². The molecule has 114 valence electrons. The molecule has 3 N–H and O–H groups in total. The number of nitrogens with two attached hydrogens (primary N) is 1. The highest BCUT2D eigenvalue weighted by molar-refractivity contribution is 7.89. The van der Waals surface area contributed by atoms with E-state index in [0.29, 0.717) is 0 Å². The first-order valence-electron chi connectivity index (χ1n) is 5.67. The lowest BCUT2D eigenvalue weighted by Gasteiger charge is -2.15. The smallest absolute Gasteiger partial charge is 0.390 e. The zero-order chi connectivity index (χ0) is 15.6. The number of alkyl halides is 3. The average Bonchev–Trinajstić information content (AvgIpc) is 2.29. The number of nitrogens with one attached hydrogen (secondary N) is 1. The predicted octanol–water partition coefficient (Wildman–Crippen LogP) is 1.88. The molecule has 0 atom stereocenters. The molecule has 0 unspecified atom stereocenters. The van der Waals surface area contributed by atoms with E-state index in [1.54, 1.807) is 0 Å². The minimum absolute atomic E-state index is 0.0359. The zero-order valence-electron chi connectivity index (χ0n) is 11.0. The van der Waals surface area contributed by atoms with E-state index in [4.69, 9.17) is 5.73 Å². The van der Waals surface area contributed by atoms with Gasteiger partial charge in [0.2, 0.25) is 10.0 Å². The second kappa shape index (κ2) is 5.88. The summed E-state index contributed by atoms with van der Waals surface area (Å²) in [5.74, 6) is 0. The monoisotopic (exact) mass is 311 g/mol. The first kappa shape index (κ1) is 16.6. The fourth-order valence-electron chi connectivity index (χ4n) is 1.40. The molecule has 0 spiro atoms. The molecule has 0 aliphatic heterocycles. The second-order valence-corrected chi connectivity index (χ2v) is 6.48. The molecule has 1 rings (SSSR count). The molecule has 20 heavy (non-hydrogen) atoms. The molecule has 0 fully saturated rings. The van der Waals surface area contributed by atoms with Crippen LogP contribution in [0.1, 0.15) is 6.42 Å². The number of hydrogen-bond donors (Lipinski definition) is 2. The Hall–Kier alpha value is -1.48. The number of nitrogens with zero attached hydrogens (tertiary/aromatic N) is 1. The van der Waals surface area contributed by atoms with E-state index in [0.717, 1.165) is 4.31 Å². The summed E-state index contributed by atoms with van der Waals surface area (Å²) in [5.41, 5.74) is 5.96. The van der Waals surface area contributed by atoms with Gasteiger partial charge in [-0.1, -0.05) is 0 Å². The van der Waals surface area contributed by atoms with Gasteiger partial charge in [-0.2, -0.15) is 13.2 Å². The van der Waals surface area contributed by atoms with Crippen LogP contribution in [0.25, 0.3) is 0 Å². The highest BCUT2D eigenvalue weighted by atomic mass is 32.2. The summed E-state index contributed by atoms with van der Waals surface area (Å²) >= 11 is 0. The van der Waals surface area contributed by atoms with Crippen molar-refractivity contribution in [2.45, 2.75) is 17.5 Å². The van der Waals surface area contributed by atoms with Gasteiger partial charge in [0.1, 0.15) is 0 Å². The van der Waals surface area contributed by atoms with Gasteiger partial charge >= 0.3 is 6.18 Å². The molecule has 0 aliphatic carbocycles. The molecule has 0 aliphatic rings. The molecule has 0 saturated carbocycles. The Morgan fingerprint density at radius 1 is 1.30 bits per heavy atom. The molecule has 0 amide bonds. The van der Waals surface area contributed by atoms with Gasteiger partial charge in [0, 0.05) is 20.6 Å². The first-order chi connectivity index (χ1) is 9.04. The molecule has 0 bridgehead atoms. The van der Waals surface area contributed by atoms with Gasteiger partial charge in [-0.15, -0.1) is 0 Å².